The molecule has 0 saturated carbocycles. The second kappa shape index (κ2) is 6.13. The minimum atomic E-state index is 0.681. The van der Waals surface area contributed by atoms with E-state index in [1.165, 1.54) is 5.56 Å². The number of anilines is 2. The number of aromatic nitrogens is 1. The Hall–Kier alpha value is -2.17. The summed E-state index contributed by atoms with van der Waals surface area (Å²) in [6, 6.07) is 7.78. The van der Waals surface area contributed by atoms with Crippen molar-refractivity contribution < 1.29 is 9.26 Å². The van der Waals surface area contributed by atoms with Gasteiger partial charge < -0.3 is 20.3 Å². The number of nitrogen functional groups attached to an aromatic ring is 1. The van der Waals surface area contributed by atoms with Crippen LogP contribution in [-0.4, -0.2) is 18.8 Å². The summed E-state index contributed by atoms with van der Waals surface area (Å²) in [6.45, 7) is 2.72. The number of benzene rings is 1. The van der Waals surface area contributed by atoms with E-state index >= 15 is 0 Å². The van der Waals surface area contributed by atoms with E-state index in [0.717, 1.165) is 36.7 Å². The van der Waals surface area contributed by atoms with Crippen LogP contribution in [0, 0.1) is 6.92 Å². The zero-order valence-electron chi connectivity index (χ0n) is 11.3. The van der Waals surface area contributed by atoms with Crippen LogP contribution in [0.2, 0.25) is 0 Å². The van der Waals surface area contributed by atoms with Gasteiger partial charge in [0.25, 0.3) is 0 Å². The van der Waals surface area contributed by atoms with E-state index in [4.69, 9.17) is 15.0 Å². The first-order valence-electron chi connectivity index (χ1n) is 6.28. The highest BCUT2D eigenvalue weighted by Gasteiger charge is 2.02. The molecule has 0 saturated heterocycles. The highest BCUT2D eigenvalue weighted by Crippen LogP contribution is 2.22. The second-order valence-corrected chi connectivity index (χ2v) is 4.43. The van der Waals surface area contributed by atoms with Crippen LogP contribution < -0.4 is 15.8 Å². The van der Waals surface area contributed by atoms with E-state index in [0.29, 0.717) is 5.69 Å². The van der Waals surface area contributed by atoms with Gasteiger partial charge in [-0.2, -0.15) is 0 Å². The molecule has 1 aromatic heterocycles. The minimum absolute atomic E-state index is 0.681. The molecule has 0 amide bonds. The Morgan fingerprint density at radius 2 is 2.21 bits per heavy atom. The summed E-state index contributed by atoms with van der Waals surface area (Å²) in [7, 11) is 1.62. The van der Waals surface area contributed by atoms with Crippen molar-refractivity contribution >= 4 is 11.5 Å². The molecular weight excluding hydrogens is 242 g/mol. The summed E-state index contributed by atoms with van der Waals surface area (Å²) in [5.41, 5.74) is 7.75. The Labute approximate surface area is 112 Å². The van der Waals surface area contributed by atoms with Crippen molar-refractivity contribution in [3.05, 3.63) is 35.6 Å². The molecule has 1 heterocycles. The Morgan fingerprint density at radius 3 is 2.84 bits per heavy atom. The third-order valence-electron chi connectivity index (χ3n) is 2.87. The van der Waals surface area contributed by atoms with Crippen molar-refractivity contribution in [3.63, 3.8) is 0 Å². The molecule has 0 bridgehead atoms. The topological polar surface area (TPSA) is 73.3 Å². The number of methoxy groups -OCH3 is 1. The van der Waals surface area contributed by atoms with Crippen molar-refractivity contribution in [2.24, 2.45) is 0 Å². The molecule has 3 N–H and O–H groups in total. The molecule has 5 heteroatoms. The van der Waals surface area contributed by atoms with Crippen LogP contribution in [-0.2, 0) is 6.42 Å². The predicted octanol–water partition coefficient (Wildman–Crippen LogP) is 2.62. The number of nitrogens with two attached hydrogens (primary N) is 1. The van der Waals surface area contributed by atoms with Crippen LogP contribution in [0.3, 0.4) is 0 Å². The normalized spacial score (nSPS) is 10.4. The zero-order chi connectivity index (χ0) is 13.7. The molecule has 2 aromatic rings. The lowest BCUT2D eigenvalue weighted by atomic mass is 10.1. The van der Waals surface area contributed by atoms with Gasteiger partial charge >= 0.3 is 0 Å². The SMILES string of the molecule is COc1ccc(CCCNc2cc(C)on2)cc1N. The summed E-state index contributed by atoms with van der Waals surface area (Å²) >= 11 is 0. The predicted molar refractivity (Wildman–Crippen MR) is 75.5 cm³/mol. The highest BCUT2D eigenvalue weighted by molar-refractivity contribution is 5.54. The fourth-order valence-corrected chi connectivity index (χ4v) is 1.90. The van der Waals surface area contributed by atoms with Gasteiger partial charge in [-0.25, -0.2) is 0 Å². The molecule has 0 radical (unpaired) electrons. The summed E-state index contributed by atoms with van der Waals surface area (Å²) in [6.07, 6.45) is 1.95. The lowest BCUT2D eigenvalue weighted by molar-refractivity contribution is 0.399. The van der Waals surface area contributed by atoms with Crippen LogP contribution >= 0.6 is 0 Å². The van der Waals surface area contributed by atoms with Crippen LogP contribution in [0.25, 0.3) is 0 Å². The average molecular weight is 261 g/mol. The van der Waals surface area contributed by atoms with Gasteiger partial charge in [-0.05, 0) is 37.5 Å². The smallest absolute Gasteiger partial charge is 0.169 e. The summed E-state index contributed by atoms with van der Waals surface area (Å²) in [5, 5.41) is 7.09. The van der Waals surface area contributed by atoms with E-state index in [2.05, 4.69) is 10.5 Å². The van der Waals surface area contributed by atoms with Crippen LogP contribution in [0.4, 0.5) is 11.5 Å². The first kappa shape index (κ1) is 13.3. The Bertz CT molecular complexity index is 537. The Morgan fingerprint density at radius 1 is 1.37 bits per heavy atom. The maximum Gasteiger partial charge on any atom is 0.169 e. The molecule has 0 atom stereocenters. The first-order valence-corrected chi connectivity index (χ1v) is 6.28. The average Bonchev–Trinajstić information content (AvgIpc) is 2.81. The van der Waals surface area contributed by atoms with Gasteiger partial charge in [0.2, 0.25) is 0 Å². The largest absolute Gasteiger partial charge is 0.495 e. The van der Waals surface area contributed by atoms with Gasteiger partial charge in [0.05, 0.1) is 12.8 Å². The molecule has 5 nitrogen and oxygen atoms in total. The van der Waals surface area contributed by atoms with E-state index in [9.17, 15) is 0 Å². The van der Waals surface area contributed by atoms with E-state index < -0.39 is 0 Å². The Kier molecular flexibility index (Phi) is 4.28. The number of nitrogens with zero attached hydrogens (tertiary/aromatic N) is 1. The molecule has 0 aliphatic heterocycles. The number of hydrogen-bond acceptors (Lipinski definition) is 5. The van der Waals surface area contributed by atoms with Crippen LogP contribution in [0.15, 0.2) is 28.8 Å². The molecule has 19 heavy (non-hydrogen) atoms. The standard InChI is InChI=1S/C14H19N3O2/c1-10-8-14(17-19-10)16-7-3-4-11-5-6-13(18-2)12(15)9-11/h5-6,8-9H,3-4,7,15H2,1-2H3,(H,16,17). The van der Waals surface area contributed by atoms with Crippen molar-refractivity contribution in [1.82, 2.24) is 5.16 Å². The highest BCUT2D eigenvalue weighted by atomic mass is 16.5. The van der Waals surface area contributed by atoms with Gasteiger partial charge in [0.15, 0.2) is 5.82 Å². The van der Waals surface area contributed by atoms with E-state index in [-0.39, 0.29) is 0 Å². The molecular formula is C14H19N3O2. The van der Waals surface area contributed by atoms with E-state index in [1.54, 1.807) is 7.11 Å². The third kappa shape index (κ3) is 3.64. The van der Waals surface area contributed by atoms with Crippen LogP contribution in [0.1, 0.15) is 17.7 Å². The lowest BCUT2D eigenvalue weighted by Crippen LogP contribution is -2.03. The summed E-state index contributed by atoms with van der Waals surface area (Å²) < 4.78 is 10.1. The third-order valence-corrected chi connectivity index (χ3v) is 2.87. The molecule has 0 spiro atoms. The second-order valence-electron chi connectivity index (χ2n) is 4.43. The molecule has 0 unspecified atom stereocenters. The number of aryl methyl sites for hydroxylation is 2. The van der Waals surface area contributed by atoms with Crippen molar-refractivity contribution in [2.75, 3.05) is 24.7 Å². The zero-order valence-corrected chi connectivity index (χ0v) is 11.3. The quantitative estimate of drug-likeness (QED) is 0.617. The van der Waals surface area contributed by atoms with Crippen molar-refractivity contribution in [1.29, 1.82) is 0 Å². The summed E-state index contributed by atoms with van der Waals surface area (Å²) in [5.74, 6) is 2.32. The first-order chi connectivity index (χ1) is 9.19. The number of nitrogens with one attached hydrogen (secondary N) is 1. The summed E-state index contributed by atoms with van der Waals surface area (Å²) in [4.78, 5) is 0. The minimum Gasteiger partial charge on any atom is -0.495 e. The molecule has 1 aromatic carbocycles. The van der Waals surface area contributed by atoms with Crippen molar-refractivity contribution in [3.8, 4) is 5.75 Å². The van der Waals surface area contributed by atoms with E-state index in [1.807, 2.05) is 31.2 Å². The maximum absolute atomic E-state index is 5.87. The van der Waals surface area contributed by atoms with Gasteiger partial charge in [0, 0.05) is 12.6 Å². The number of rotatable bonds is 6. The number of hydrogen-bond donors (Lipinski definition) is 2. The fourth-order valence-electron chi connectivity index (χ4n) is 1.90. The van der Waals surface area contributed by atoms with Gasteiger partial charge in [-0.15, -0.1) is 0 Å². The monoisotopic (exact) mass is 261 g/mol. The van der Waals surface area contributed by atoms with Gasteiger partial charge in [-0.1, -0.05) is 11.2 Å². The van der Waals surface area contributed by atoms with Crippen LogP contribution in [0.5, 0.6) is 5.75 Å². The van der Waals surface area contributed by atoms with Gasteiger partial charge in [0.1, 0.15) is 11.5 Å². The fraction of sp³-hybridized carbons (Fsp3) is 0.357. The maximum atomic E-state index is 5.87. The molecule has 2 rings (SSSR count). The molecule has 102 valence electrons. The lowest BCUT2D eigenvalue weighted by Gasteiger charge is -2.07. The Balaban J connectivity index is 1.78. The van der Waals surface area contributed by atoms with Gasteiger partial charge in [-0.3, -0.25) is 0 Å². The van der Waals surface area contributed by atoms with Crippen molar-refractivity contribution in [2.45, 2.75) is 19.8 Å². The number of ether oxygens (including phenoxy) is 1. The molecule has 0 fully saturated rings. The molecule has 0 aliphatic rings. The molecule has 0 aliphatic carbocycles.